The molecule has 4 heteroatoms. The topological polar surface area (TPSA) is 55.2 Å². The molecule has 0 atom stereocenters. The third kappa shape index (κ3) is 2.76. The molecule has 0 saturated carbocycles. The number of carbonyl (C=O) groups excluding carboxylic acids is 1. The summed E-state index contributed by atoms with van der Waals surface area (Å²) in [6.07, 6.45) is 1.74. The average molecular weight is 289 g/mol. The summed E-state index contributed by atoms with van der Waals surface area (Å²) in [5.41, 5.74) is 3.67. The molecular formula is C18H15N3O. The number of aliphatic imine (C=N–C) groups is 1. The standard InChI is InChI=1S/C18H15N3O/c1-12(15-8-5-9-16(21-15)13(2)22)20-18-10-11-19-17-7-4-3-6-14(17)18/h3-11H,1-2H3/b20-12+. The van der Waals surface area contributed by atoms with Crippen molar-refractivity contribution >= 4 is 28.1 Å². The van der Waals surface area contributed by atoms with E-state index in [9.17, 15) is 4.79 Å². The SMILES string of the molecule is CC(=O)c1cccc(/C(C)=N/c2ccnc3ccccc23)n1. The smallest absolute Gasteiger partial charge is 0.178 e. The lowest BCUT2D eigenvalue weighted by Crippen LogP contribution is -2.04. The molecule has 2 aromatic heterocycles. The van der Waals surface area contributed by atoms with Crippen molar-refractivity contribution in [2.45, 2.75) is 13.8 Å². The number of rotatable bonds is 3. The molecule has 3 rings (SSSR count). The van der Waals surface area contributed by atoms with E-state index in [1.54, 1.807) is 12.3 Å². The van der Waals surface area contributed by atoms with E-state index in [1.165, 1.54) is 6.92 Å². The molecule has 0 aliphatic heterocycles. The summed E-state index contributed by atoms with van der Waals surface area (Å²) in [5, 5.41) is 0.993. The van der Waals surface area contributed by atoms with Crippen LogP contribution in [0.3, 0.4) is 0 Å². The predicted molar refractivity (Wildman–Crippen MR) is 87.9 cm³/mol. The van der Waals surface area contributed by atoms with Crippen molar-refractivity contribution in [3.05, 3.63) is 66.1 Å². The fraction of sp³-hybridized carbons (Fsp3) is 0.111. The van der Waals surface area contributed by atoms with Crippen molar-refractivity contribution in [3.63, 3.8) is 0 Å². The highest BCUT2D eigenvalue weighted by atomic mass is 16.1. The van der Waals surface area contributed by atoms with Gasteiger partial charge in [-0.3, -0.25) is 14.8 Å². The van der Waals surface area contributed by atoms with E-state index < -0.39 is 0 Å². The molecule has 0 spiro atoms. The number of hydrogen-bond acceptors (Lipinski definition) is 4. The molecule has 0 unspecified atom stereocenters. The first-order valence-corrected chi connectivity index (χ1v) is 7.02. The summed E-state index contributed by atoms with van der Waals surface area (Å²) in [5.74, 6) is -0.0518. The zero-order valence-corrected chi connectivity index (χ0v) is 12.4. The monoisotopic (exact) mass is 289 g/mol. The number of Topliss-reactive ketones (excluding diaryl/α,β-unsaturated/α-hetero) is 1. The van der Waals surface area contributed by atoms with Gasteiger partial charge in [0.05, 0.1) is 22.6 Å². The van der Waals surface area contributed by atoms with Crippen molar-refractivity contribution in [2.24, 2.45) is 4.99 Å². The normalized spacial score (nSPS) is 11.6. The van der Waals surface area contributed by atoms with Crippen LogP contribution < -0.4 is 0 Å². The zero-order chi connectivity index (χ0) is 15.5. The minimum absolute atomic E-state index is 0.0518. The van der Waals surface area contributed by atoms with Gasteiger partial charge >= 0.3 is 0 Å². The number of fused-ring (bicyclic) bond motifs is 1. The van der Waals surface area contributed by atoms with Crippen LogP contribution in [0.1, 0.15) is 30.0 Å². The van der Waals surface area contributed by atoms with Gasteiger partial charge in [0.2, 0.25) is 0 Å². The summed E-state index contributed by atoms with van der Waals surface area (Å²) >= 11 is 0. The molecule has 0 radical (unpaired) electrons. The Hall–Kier alpha value is -2.88. The molecule has 4 nitrogen and oxygen atoms in total. The first-order chi connectivity index (χ1) is 10.6. The second-order valence-electron chi connectivity index (χ2n) is 5.01. The summed E-state index contributed by atoms with van der Waals surface area (Å²) in [6.45, 7) is 3.40. The number of pyridine rings is 2. The van der Waals surface area contributed by atoms with Crippen LogP contribution in [0.5, 0.6) is 0 Å². The van der Waals surface area contributed by atoms with E-state index in [1.807, 2.05) is 49.4 Å². The Balaban J connectivity index is 2.07. The van der Waals surface area contributed by atoms with Crippen molar-refractivity contribution in [2.75, 3.05) is 0 Å². The Bertz CT molecular complexity index is 879. The first-order valence-electron chi connectivity index (χ1n) is 7.02. The van der Waals surface area contributed by atoms with E-state index in [4.69, 9.17) is 0 Å². The highest BCUT2D eigenvalue weighted by Crippen LogP contribution is 2.24. The second-order valence-corrected chi connectivity index (χ2v) is 5.01. The average Bonchev–Trinajstić information content (AvgIpc) is 2.55. The van der Waals surface area contributed by atoms with Crippen LogP contribution in [-0.4, -0.2) is 21.5 Å². The van der Waals surface area contributed by atoms with Crippen LogP contribution in [0, 0.1) is 0 Å². The van der Waals surface area contributed by atoms with Gasteiger partial charge in [-0.15, -0.1) is 0 Å². The van der Waals surface area contributed by atoms with Crippen LogP contribution in [0.2, 0.25) is 0 Å². The van der Waals surface area contributed by atoms with Gasteiger partial charge in [0, 0.05) is 18.5 Å². The van der Waals surface area contributed by atoms with E-state index in [0.717, 1.165) is 22.3 Å². The molecule has 0 bridgehead atoms. The van der Waals surface area contributed by atoms with Gasteiger partial charge in [0.15, 0.2) is 5.78 Å². The largest absolute Gasteiger partial charge is 0.293 e. The Kier molecular flexibility index (Phi) is 3.74. The van der Waals surface area contributed by atoms with E-state index in [0.29, 0.717) is 11.4 Å². The van der Waals surface area contributed by atoms with E-state index in [2.05, 4.69) is 15.0 Å². The van der Waals surface area contributed by atoms with Gasteiger partial charge in [0.1, 0.15) is 5.69 Å². The van der Waals surface area contributed by atoms with Gasteiger partial charge in [0.25, 0.3) is 0 Å². The lowest BCUT2D eigenvalue weighted by atomic mass is 10.2. The van der Waals surface area contributed by atoms with Crippen molar-refractivity contribution < 1.29 is 4.79 Å². The van der Waals surface area contributed by atoms with Crippen molar-refractivity contribution in [1.29, 1.82) is 0 Å². The maximum absolute atomic E-state index is 11.4. The molecule has 0 aliphatic rings. The maximum atomic E-state index is 11.4. The summed E-state index contributed by atoms with van der Waals surface area (Å²) < 4.78 is 0. The van der Waals surface area contributed by atoms with Gasteiger partial charge in [-0.05, 0) is 31.2 Å². The molecule has 22 heavy (non-hydrogen) atoms. The summed E-state index contributed by atoms with van der Waals surface area (Å²) in [4.78, 5) is 24.8. The molecule has 108 valence electrons. The van der Waals surface area contributed by atoms with Crippen molar-refractivity contribution in [1.82, 2.24) is 9.97 Å². The fourth-order valence-corrected chi connectivity index (χ4v) is 2.25. The molecule has 0 amide bonds. The van der Waals surface area contributed by atoms with E-state index >= 15 is 0 Å². The van der Waals surface area contributed by atoms with Crippen molar-refractivity contribution in [3.8, 4) is 0 Å². The molecule has 0 saturated heterocycles. The third-order valence-corrected chi connectivity index (χ3v) is 3.39. The highest BCUT2D eigenvalue weighted by Gasteiger charge is 2.06. The molecule has 3 aromatic rings. The van der Waals surface area contributed by atoms with Crippen LogP contribution in [0.25, 0.3) is 10.9 Å². The Morgan fingerprint density at radius 2 is 1.73 bits per heavy atom. The number of benzene rings is 1. The van der Waals surface area contributed by atoms with Gasteiger partial charge in [-0.1, -0.05) is 24.3 Å². The summed E-state index contributed by atoms with van der Waals surface area (Å²) in [6, 6.07) is 15.1. The maximum Gasteiger partial charge on any atom is 0.178 e. The van der Waals surface area contributed by atoms with Crippen LogP contribution in [0.15, 0.2) is 59.7 Å². The molecule has 1 aromatic carbocycles. The van der Waals surface area contributed by atoms with Gasteiger partial charge in [-0.2, -0.15) is 0 Å². The minimum Gasteiger partial charge on any atom is -0.293 e. The lowest BCUT2D eigenvalue weighted by molar-refractivity contribution is 0.101. The van der Waals surface area contributed by atoms with Crippen LogP contribution in [0.4, 0.5) is 5.69 Å². The lowest BCUT2D eigenvalue weighted by Gasteiger charge is -2.04. The predicted octanol–water partition coefficient (Wildman–Crippen LogP) is 3.97. The number of hydrogen-bond donors (Lipinski definition) is 0. The molecule has 0 fully saturated rings. The van der Waals surface area contributed by atoms with Crippen LogP contribution >= 0.6 is 0 Å². The molecular weight excluding hydrogens is 274 g/mol. The Labute approximate surface area is 128 Å². The van der Waals surface area contributed by atoms with E-state index in [-0.39, 0.29) is 5.78 Å². The molecule has 0 aliphatic carbocycles. The highest BCUT2D eigenvalue weighted by molar-refractivity contribution is 6.02. The number of ketones is 1. The number of carbonyl (C=O) groups is 1. The van der Waals surface area contributed by atoms with Gasteiger partial charge in [-0.25, -0.2) is 4.98 Å². The number of para-hydroxylation sites is 1. The molecule has 0 N–H and O–H groups in total. The van der Waals surface area contributed by atoms with Crippen LogP contribution in [-0.2, 0) is 0 Å². The fourth-order valence-electron chi connectivity index (χ4n) is 2.25. The number of aromatic nitrogens is 2. The Morgan fingerprint density at radius 3 is 2.55 bits per heavy atom. The first kappa shape index (κ1) is 14.1. The number of nitrogens with zero attached hydrogens (tertiary/aromatic N) is 3. The molecule has 2 heterocycles. The second kappa shape index (κ2) is 5.85. The third-order valence-electron chi connectivity index (χ3n) is 3.39. The zero-order valence-electron chi connectivity index (χ0n) is 12.4. The quantitative estimate of drug-likeness (QED) is 0.541. The summed E-state index contributed by atoms with van der Waals surface area (Å²) in [7, 11) is 0. The Morgan fingerprint density at radius 1 is 0.955 bits per heavy atom. The minimum atomic E-state index is -0.0518. The van der Waals surface area contributed by atoms with Gasteiger partial charge < -0.3 is 0 Å².